The van der Waals surface area contributed by atoms with Crippen LogP contribution >= 0.6 is 0 Å². The van der Waals surface area contributed by atoms with Gasteiger partial charge in [0.1, 0.15) is 6.04 Å². The zero-order chi connectivity index (χ0) is 12.0. The summed E-state index contributed by atoms with van der Waals surface area (Å²) in [6, 6.07) is -0.651. The minimum absolute atomic E-state index is 0.169. The van der Waals surface area contributed by atoms with Gasteiger partial charge in [0.15, 0.2) is 0 Å². The Morgan fingerprint density at radius 3 is 3.00 bits per heavy atom. The molecule has 0 aliphatic carbocycles. The molecule has 1 rings (SSSR count). The van der Waals surface area contributed by atoms with E-state index in [0.29, 0.717) is 6.54 Å². The smallest absolute Gasteiger partial charge is 0.323 e. The Balaban J connectivity index is 2.30. The van der Waals surface area contributed by atoms with Crippen molar-refractivity contribution in [3.8, 4) is 0 Å². The van der Waals surface area contributed by atoms with E-state index in [1.165, 1.54) is 7.11 Å². The quantitative estimate of drug-likeness (QED) is 0.666. The van der Waals surface area contributed by atoms with Gasteiger partial charge in [0.05, 0.1) is 12.8 Å². The highest BCUT2D eigenvalue weighted by atomic mass is 16.5. The highest BCUT2D eigenvalue weighted by molar-refractivity contribution is 5.73. The van der Waals surface area contributed by atoms with Gasteiger partial charge in [-0.1, -0.05) is 0 Å². The molecule has 1 atom stereocenters. The van der Waals surface area contributed by atoms with Crippen LogP contribution in [0.5, 0.6) is 0 Å². The lowest BCUT2D eigenvalue weighted by atomic mass is 10.2. The van der Waals surface area contributed by atoms with E-state index in [9.17, 15) is 4.79 Å². The zero-order valence-corrected chi connectivity index (χ0v) is 9.51. The summed E-state index contributed by atoms with van der Waals surface area (Å²) in [4.78, 5) is 10.8. The highest BCUT2D eigenvalue weighted by Gasteiger charge is 2.15. The summed E-state index contributed by atoms with van der Waals surface area (Å²) >= 11 is 0. The van der Waals surface area contributed by atoms with Gasteiger partial charge >= 0.3 is 5.97 Å². The fourth-order valence-electron chi connectivity index (χ4n) is 1.38. The number of carboxylic acids is 1. The Hall–Kier alpha value is -1.40. The molecule has 1 unspecified atom stereocenters. The van der Waals surface area contributed by atoms with Crippen molar-refractivity contribution in [2.75, 3.05) is 20.3 Å². The van der Waals surface area contributed by atoms with Crippen LogP contribution in [0.3, 0.4) is 0 Å². The molecule has 0 saturated heterocycles. The largest absolute Gasteiger partial charge is 0.480 e. The van der Waals surface area contributed by atoms with Gasteiger partial charge in [-0.2, -0.15) is 5.10 Å². The summed E-state index contributed by atoms with van der Waals surface area (Å²) in [5, 5.41) is 15.8. The normalized spacial score (nSPS) is 12.6. The number of aliphatic carboxylic acids is 1. The number of nitrogens with one attached hydrogen (secondary N) is 1. The summed E-state index contributed by atoms with van der Waals surface area (Å²) < 4.78 is 6.53. The first-order chi connectivity index (χ1) is 7.63. The molecule has 0 radical (unpaired) electrons. The lowest BCUT2D eigenvalue weighted by molar-refractivity contribution is -0.140. The maximum atomic E-state index is 10.8. The Labute approximate surface area is 94.2 Å². The predicted molar refractivity (Wildman–Crippen MR) is 58.2 cm³/mol. The minimum atomic E-state index is -0.895. The first kappa shape index (κ1) is 12.7. The number of aryl methyl sites for hydroxylation is 1. The van der Waals surface area contributed by atoms with Gasteiger partial charge in [-0.15, -0.1) is 0 Å². The molecule has 0 amide bonds. The van der Waals surface area contributed by atoms with E-state index in [0.717, 1.165) is 12.0 Å². The molecule has 16 heavy (non-hydrogen) atoms. The Kier molecular flexibility index (Phi) is 4.94. The molecule has 0 fully saturated rings. The minimum Gasteiger partial charge on any atom is -0.480 e. The van der Waals surface area contributed by atoms with E-state index >= 15 is 0 Å². The van der Waals surface area contributed by atoms with Crippen molar-refractivity contribution in [2.24, 2.45) is 7.05 Å². The van der Waals surface area contributed by atoms with Gasteiger partial charge < -0.3 is 15.2 Å². The second-order valence-electron chi connectivity index (χ2n) is 3.57. The molecule has 0 saturated carbocycles. The maximum absolute atomic E-state index is 10.8. The highest BCUT2D eigenvalue weighted by Crippen LogP contribution is 1.96. The Bertz CT molecular complexity index is 338. The standard InChI is InChI=1S/C10H17N3O3/c1-13-6-8(5-12-13)3-4-11-9(7-16-2)10(14)15/h5-6,9,11H,3-4,7H2,1-2H3,(H,14,15). The summed E-state index contributed by atoms with van der Waals surface area (Å²) in [5.74, 6) is -0.895. The number of hydrogen-bond acceptors (Lipinski definition) is 4. The average molecular weight is 227 g/mol. The van der Waals surface area contributed by atoms with Crippen LogP contribution < -0.4 is 5.32 Å². The third-order valence-electron chi connectivity index (χ3n) is 2.19. The third kappa shape index (κ3) is 4.00. The van der Waals surface area contributed by atoms with E-state index in [2.05, 4.69) is 10.4 Å². The van der Waals surface area contributed by atoms with Gasteiger partial charge in [0.25, 0.3) is 0 Å². The molecule has 0 spiro atoms. The van der Waals surface area contributed by atoms with Crippen LogP contribution in [0.25, 0.3) is 0 Å². The van der Waals surface area contributed by atoms with E-state index in [1.54, 1.807) is 10.9 Å². The Morgan fingerprint density at radius 1 is 1.75 bits per heavy atom. The van der Waals surface area contributed by atoms with Crippen molar-refractivity contribution >= 4 is 5.97 Å². The number of ether oxygens (including phenoxy) is 1. The number of carbonyl (C=O) groups is 1. The second kappa shape index (κ2) is 6.24. The number of rotatable bonds is 7. The van der Waals surface area contributed by atoms with Crippen LogP contribution in [0.15, 0.2) is 12.4 Å². The monoisotopic (exact) mass is 227 g/mol. The van der Waals surface area contributed by atoms with E-state index in [1.807, 2.05) is 13.2 Å². The van der Waals surface area contributed by atoms with Gasteiger partial charge in [0, 0.05) is 26.9 Å². The summed E-state index contributed by atoms with van der Waals surface area (Å²) in [6.07, 6.45) is 4.43. The van der Waals surface area contributed by atoms with Crippen molar-refractivity contribution < 1.29 is 14.6 Å². The third-order valence-corrected chi connectivity index (χ3v) is 2.19. The molecule has 0 aromatic carbocycles. The molecule has 6 heteroatoms. The summed E-state index contributed by atoms with van der Waals surface area (Å²) in [7, 11) is 3.33. The molecule has 6 nitrogen and oxygen atoms in total. The van der Waals surface area contributed by atoms with Crippen LogP contribution in [0, 0.1) is 0 Å². The van der Waals surface area contributed by atoms with Crippen LogP contribution in [0.1, 0.15) is 5.56 Å². The Morgan fingerprint density at radius 2 is 2.50 bits per heavy atom. The van der Waals surface area contributed by atoms with Crippen molar-refractivity contribution in [2.45, 2.75) is 12.5 Å². The first-order valence-electron chi connectivity index (χ1n) is 5.06. The fourth-order valence-corrected chi connectivity index (χ4v) is 1.38. The molecule has 1 heterocycles. The van der Waals surface area contributed by atoms with E-state index in [-0.39, 0.29) is 6.61 Å². The van der Waals surface area contributed by atoms with Gasteiger partial charge in [-0.3, -0.25) is 9.48 Å². The topological polar surface area (TPSA) is 76.4 Å². The van der Waals surface area contributed by atoms with Crippen LogP contribution in [0.4, 0.5) is 0 Å². The van der Waals surface area contributed by atoms with Crippen molar-refractivity contribution in [1.82, 2.24) is 15.1 Å². The lowest BCUT2D eigenvalue weighted by Gasteiger charge is -2.12. The van der Waals surface area contributed by atoms with Crippen molar-refractivity contribution in [3.05, 3.63) is 18.0 Å². The molecule has 0 aliphatic rings. The average Bonchev–Trinajstić information content (AvgIpc) is 2.63. The number of hydrogen-bond donors (Lipinski definition) is 2. The number of methoxy groups -OCH3 is 1. The molecule has 1 aromatic rings. The second-order valence-corrected chi connectivity index (χ2v) is 3.57. The van der Waals surface area contributed by atoms with Crippen molar-refractivity contribution in [1.29, 1.82) is 0 Å². The molecule has 90 valence electrons. The zero-order valence-electron chi connectivity index (χ0n) is 9.51. The predicted octanol–water partition coefficient (Wildman–Crippen LogP) is -0.348. The molecule has 0 bridgehead atoms. The molecular weight excluding hydrogens is 210 g/mol. The number of aromatic nitrogens is 2. The lowest BCUT2D eigenvalue weighted by Crippen LogP contribution is -2.41. The van der Waals surface area contributed by atoms with Crippen LogP contribution in [0.2, 0.25) is 0 Å². The molecule has 2 N–H and O–H groups in total. The SMILES string of the molecule is COCC(NCCc1cnn(C)c1)C(=O)O. The fraction of sp³-hybridized carbons (Fsp3) is 0.600. The van der Waals surface area contributed by atoms with E-state index in [4.69, 9.17) is 9.84 Å². The molecule has 1 aromatic heterocycles. The van der Waals surface area contributed by atoms with Gasteiger partial charge in [0.2, 0.25) is 0 Å². The molecular formula is C10H17N3O3. The summed E-state index contributed by atoms with van der Waals surface area (Å²) in [6.45, 7) is 0.758. The van der Waals surface area contributed by atoms with E-state index < -0.39 is 12.0 Å². The first-order valence-corrected chi connectivity index (χ1v) is 5.06. The van der Waals surface area contributed by atoms with Gasteiger partial charge in [-0.25, -0.2) is 0 Å². The maximum Gasteiger partial charge on any atom is 0.323 e. The summed E-state index contributed by atoms with van der Waals surface area (Å²) in [5.41, 5.74) is 1.08. The molecule has 0 aliphatic heterocycles. The number of carboxylic acid groups (broad SMARTS) is 1. The van der Waals surface area contributed by atoms with Crippen LogP contribution in [-0.4, -0.2) is 47.2 Å². The van der Waals surface area contributed by atoms with Crippen molar-refractivity contribution in [3.63, 3.8) is 0 Å². The van der Waals surface area contributed by atoms with Crippen LogP contribution in [-0.2, 0) is 23.0 Å². The number of nitrogens with zero attached hydrogens (tertiary/aromatic N) is 2. The van der Waals surface area contributed by atoms with Gasteiger partial charge in [-0.05, 0) is 12.0 Å².